The van der Waals surface area contributed by atoms with Gasteiger partial charge in [-0.2, -0.15) is 0 Å². The van der Waals surface area contributed by atoms with Gasteiger partial charge in [0.1, 0.15) is 0 Å². The first-order chi connectivity index (χ1) is 4.84. The van der Waals surface area contributed by atoms with Crippen LogP contribution in [-0.4, -0.2) is 16.7 Å². The summed E-state index contributed by atoms with van der Waals surface area (Å²) >= 11 is 0. The Labute approximate surface area is 60.9 Å². The molecule has 0 saturated heterocycles. The van der Waals surface area contributed by atoms with Gasteiger partial charge in [-0.15, -0.1) is 0 Å². The highest BCUT2D eigenvalue weighted by molar-refractivity contribution is 5.08. The van der Waals surface area contributed by atoms with E-state index in [2.05, 4.69) is 11.9 Å². The standard InChI is InChI=1S/C8H13NO/c1-7(4-6-10)8-3-2-5-9-8/h2-3,5,7,9-10H,4,6H2,1H3/t7-/m1/s1. The van der Waals surface area contributed by atoms with E-state index < -0.39 is 0 Å². The van der Waals surface area contributed by atoms with Crippen molar-refractivity contribution in [3.63, 3.8) is 0 Å². The normalized spacial score (nSPS) is 13.4. The summed E-state index contributed by atoms with van der Waals surface area (Å²) < 4.78 is 0. The molecular formula is C8H13NO. The van der Waals surface area contributed by atoms with Gasteiger partial charge in [-0.1, -0.05) is 6.92 Å². The molecule has 0 aromatic carbocycles. The lowest BCUT2D eigenvalue weighted by molar-refractivity contribution is 0.278. The topological polar surface area (TPSA) is 36.0 Å². The lowest BCUT2D eigenvalue weighted by atomic mass is 10.1. The molecule has 0 saturated carbocycles. The van der Waals surface area contributed by atoms with Gasteiger partial charge in [-0.3, -0.25) is 0 Å². The van der Waals surface area contributed by atoms with E-state index in [1.807, 2.05) is 18.3 Å². The van der Waals surface area contributed by atoms with Crippen LogP contribution in [-0.2, 0) is 0 Å². The van der Waals surface area contributed by atoms with E-state index >= 15 is 0 Å². The summed E-state index contributed by atoms with van der Waals surface area (Å²) in [7, 11) is 0. The van der Waals surface area contributed by atoms with Crippen molar-refractivity contribution < 1.29 is 5.11 Å². The highest BCUT2D eigenvalue weighted by Crippen LogP contribution is 2.15. The number of H-pyrrole nitrogens is 1. The van der Waals surface area contributed by atoms with E-state index in [9.17, 15) is 0 Å². The molecule has 1 heterocycles. The van der Waals surface area contributed by atoms with Crippen LogP contribution in [0.15, 0.2) is 18.3 Å². The first-order valence-corrected chi connectivity index (χ1v) is 3.58. The summed E-state index contributed by atoms with van der Waals surface area (Å²) in [6.45, 7) is 2.36. The Bertz CT molecular complexity index is 169. The van der Waals surface area contributed by atoms with Crippen LogP contribution in [0.4, 0.5) is 0 Å². The third-order valence-corrected chi connectivity index (χ3v) is 1.72. The van der Waals surface area contributed by atoms with Crippen LogP contribution in [0.3, 0.4) is 0 Å². The van der Waals surface area contributed by atoms with Crippen molar-refractivity contribution in [1.29, 1.82) is 0 Å². The smallest absolute Gasteiger partial charge is 0.0437 e. The van der Waals surface area contributed by atoms with Gasteiger partial charge < -0.3 is 10.1 Å². The number of nitrogens with one attached hydrogen (secondary N) is 1. The van der Waals surface area contributed by atoms with Gasteiger partial charge in [0.05, 0.1) is 0 Å². The third-order valence-electron chi connectivity index (χ3n) is 1.72. The van der Waals surface area contributed by atoms with Crippen LogP contribution in [0.5, 0.6) is 0 Å². The minimum Gasteiger partial charge on any atom is -0.396 e. The lowest BCUT2D eigenvalue weighted by Crippen LogP contribution is -1.96. The molecule has 0 aliphatic rings. The molecule has 1 rings (SSSR count). The quantitative estimate of drug-likeness (QED) is 0.654. The molecule has 0 bridgehead atoms. The van der Waals surface area contributed by atoms with Crippen molar-refractivity contribution in [2.75, 3.05) is 6.61 Å². The number of hydrogen-bond acceptors (Lipinski definition) is 1. The number of rotatable bonds is 3. The molecule has 0 unspecified atom stereocenters. The molecule has 0 aliphatic carbocycles. The van der Waals surface area contributed by atoms with E-state index in [-0.39, 0.29) is 6.61 Å². The molecule has 1 aromatic rings. The molecule has 1 aromatic heterocycles. The van der Waals surface area contributed by atoms with Gasteiger partial charge in [-0.25, -0.2) is 0 Å². The van der Waals surface area contributed by atoms with Crippen molar-refractivity contribution in [2.45, 2.75) is 19.3 Å². The molecule has 0 fully saturated rings. The van der Waals surface area contributed by atoms with Gasteiger partial charge in [0.25, 0.3) is 0 Å². The van der Waals surface area contributed by atoms with E-state index in [0.29, 0.717) is 5.92 Å². The zero-order chi connectivity index (χ0) is 7.40. The fraction of sp³-hybridized carbons (Fsp3) is 0.500. The number of aromatic nitrogens is 1. The number of aliphatic hydroxyl groups excluding tert-OH is 1. The summed E-state index contributed by atoms with van der Waals surface area (Å²) in [4.78, 5) is 3.11. The maximum absolute atomic E-state index is 8.62. The molecule has 2 N–H and O–H groups in total. The van der Waals surface area contributed by atoms with Gasteiger partial charge in [0, 0.05) is 18.5 Å². The molecule has 0 radical (unpaired) electrons. The zero-order valence-corrected chi connectivity index (χ0v) is 6.17. The van der Waals surface area contributed by atoms with Gasteiger partial charge >= 0.3 is 0 Å². The second-order valence-electron chi connectivity index (χ2n) is 2.54. The predicted octanol–water partition coefficient (Wildman–Crippen LogP) is 1.50. The summed E-state index contributed by atoms with van der Waals surface area (Å²) in [6, 6.07) is 4.02. The SMILES string of the molecule is C[C@H](CCO)c1ccc[nH]1. The van der Waals surface area contributed by atoms with Crippen LogP contribution in [0, 0.1) is 0 Å². The van der Waals surface area contributed by atoms with Crippen LogP contribution >= 0.6 is 0 Å². The Morgan fingerprint density at radius 1 is 1.70 bits per heavy atom. The van der Waals surface area contributed by atoms with E-state index in [0.717, 1.165) is 6.42 Å². The first kappa shape index (κ1) is 7.35. The molecular weight excluding hydrogens is 126 g/mol. The van der Waals surface area contributed by atoms with Crippen LogP contribution < -0.4 is 0 Å². The van der Waals surface area contributed by atoms with E-state index in [1.54, 1.807) is 0 Å². The minimum absolute atomic E-state index is 0.264. The Balaban J connectivity index is 2.50. The lowest BCUT2D eigenvalue weighted by Gasteiger charge is -2.05. The van der Waals surface area contributed by atoms with Gasteiger partial charge in [0.15, 0.2) is 0 Å². The highest BCUT2D eigenvalue weighted by Gasteiger charge is 2.03. The Kier molecular flexibility index (Phi) is 2.51. The number of aromatic amines is 1. The molecule has 56 valence electrons. The number of aliphatic hydroxyl groups is 1. The monoisotopic (exact) mass is 139 g/mol. The van der Waals surface area contributed by atoms with Crippen LogP contribution in [0.1, 0.15) is 25.0 Å². The molecule has 10 heavy (non-hydrogen) atoms. The molecule has 2 nitrogen and oxygen atoms in total. The van der Waals surface area contributed by atoms with Crippen LogP contribution in [0.2, 0.25) is 0 Å². The second kappa shape index (κ2) is 3.42. The largest absolute Gasteiger partial charge is 0.396 e. The Morgan fingerprint density at radius 2 is 2.50 bits per heavy atom. The maximum Gasteiger partial charge on any atom is 0.0437 e. The maximum atomic E-state index is 8.62. The minimum atomic E-state index is 0.264. The fourth-order valence-electron chi connectivity index (χ4n) is 1.000. The molecule has 1 atom stereocenters. The average molecular weight is 139 g/mol. The zero-order valence-electron chi connectivity index (χ0n) is 6.17. The van der Waals surface area contributed by atoms with Gasteiger partial charge in [-0.05, 0) is 24.5 Å². The van der Waals surface area contributed by atoms with Crippen molar-refractivity contribution >= 4 is 0 Å². The second-order valence-corrected chi connectivity index (χ2v) is 2.54. The van der Waals surface area contributed by atoms with Crippen molar-refractivity contribution in [3.05, 3.63) is 24.0 Å². The fourth-order valence-corrected chi connectivity index (χ4v) is 1.000. The third kappa shape index (κ3) is 1.61. The average Bonchev–Trinajstić information content (AvgIpc) is 2.38. The van der Waals surface area contributed by atoms with Crippen molar-refractivity contribution in [1.82, 2.24) is 4.98 Å². The Morgan fingerprint density at radius 3 is 3.00 bits per heavy atom. The first-order valence-electron chi connectivity index (χ1n) is 3.58. The molecule has 0 spiro atoms. The Hall–Kier alpha value is -0.760. The van der Waals surface area contributed by atoms with Crippen molar-refractivity contribution in [2.24, 2.45) is 0 Å². The summed E-state index contributed by atoms with van der Waals surface area (Å²) in [6.07, 6.45) is 2.74. The molecule has 0 aliphatic heterocycles. The van der Waals surface area contributed by atoms with Gasteiger partial charge in [0.2, 0.25) is 0 Å². The summed E-state index contributed by atoms with van der Waals surface area (Å²) in [5.74, 6) is 0.444. The predicted molar refractivity (Wildman–Crippen MR) is 40.9 cm³/mol. The van der Waals surface area contributed by atoms with E-state index in [1.165, 1.54) is 5.69 Å². The van der Waals surface area contributed by atoms with Crippen molar-refractivity contribution in [3.8, 4) is 0 Å². The van der Waals surface area contributed by atoms with Crippen LogP contribution in [0.25, 0.3) is 0 Å². The molecule has 2 heteroatoms. The molecule has 0 amide bonds. The van der Waals surface area contributed by atoms with E-state index in [4.69, 9.17) is 5.11 Å². The number of hydrogen-bond donors (Lipinski definition) is 2. The highest BCUT2D eigenvalue weighted by atomic mass is 16.3. The summed E-state index contributed by atoms with van der Waals surface area (Å²) in [5.41, 5.74) is 1.20. The summed E-state index contributed by atoms with van der Waals surface area (Å²) in [5, 5.41) is 8.62.